The minimum Gasteiger partial charge on any atom is -0.286 e. The number of carbonyl (C=O) groups is 2. The number of rotatable bonds is 0. The van der Waals surface area contributed by atoms with E-state index in [1.165, 1.54) is 6.08 Å². The third kappa shape index (κ3) is 1.42. The summed E-state index contributed by atoms with van der Waals surface area (Å²) in [6.07, 6.45) is 3.11. The lowest BCUT2D eigenvalue weighted by Gasteiger charge is -2.10. The maximum Gasteiger partial charge on any atom is 0.233 e. The van der Waals surface area contributed by atoms with E-state index in [1.54, 1.807) is 6.08 Å². The SMILES string of the molecule is Cc1cc2c3c(c(C)ccc3c1)C(=O)C(=O)C=C2. The van der Waals surface area contributed by atoms with E-state index in [9.17, 15) is 9.59 Å². The Balaban J connectivity index is 2.57. The molecule has 2 aromatic carbocycles. The van der Waals surface area contributed by atoms with Gasteiger partial charge in [0.15, 0.2) is 0 Å². The van der Waals surface area contributed by atoms with Gasteiger partial charge in [0, 0.05) is 10.9 Å². The van der Waals surface area contributed by atoms with Gasteiger partial charge in [0.25, 0.3) is 0 Å². The molecule has 1 aliphatic rings. The van der Waals surface area contributed by atoms with Crippen molar-refractivity contribution in [1.82, 2.24) is 0 Å². The van der Waals surface area contributed by atoms with Gasteiger partial charge < -0.3 is 0 Å². The van der Waals surface area contributed by atoms with Crippen LogP contribution in [0.15, 0.2) is 30.3 Å². The maximum absolute atomic E-state index is 12.1. The summed E-state index contributed by atoms with van der Waals surface area (Å²) in [6, 6.07) is 7.95. The Morgan fingerprint density at radius 1 is 0.944 bits per heavy atom. The van der Waals surface area contributed by atoms with Crippen LogP contribution in [0.25, 0.3) is 16.8 Å². The molecular weight excluding hydrogens is 224 g/mol. The average molecular weight is 236 g/mol. The molecule has 0 amide bonds. The number of hydrogen-bond acceptors (Lipinski definition) is 2. The third-order valence-electron chi connectivity index (χ3n) is 3.37. The van der Waals surface area contributed by atoms with Crippen LogP contribution in [0.3, 0.4) is 0 Å². The van der Waals surface area contributed by atoms with Crippen LogP contribution in [0.5, 0.6) is 0 Å². The second-order valence-electron chi connectivity index (χ2n) is 4.74. The first-order valence-corrected chi connectivity index (χ1v) is 5.88. The first-order chi connectivity index (χ1) is 8.58. The van der Waals surface area contributed by atoms with Crippen LogP contribution in [0.1, 0.15) is 27.0 Å². The molecular formula is C16H12O2. The van der Waals surface area contributed by atoms with Crippen LogP contribution in [0.2, 0.25) is 0 Å². The second-order valence-corrected chi connectivity index (χ2v) is 4.74. The highest BCUT2D eigenvalue weighted by atomic mass is 16.2. The predicted molar refractivity (Wildman–Crippen MR) is 71.8 cm³/mol. The Kier molecular flexibility index (Phi) is 2.20. The van der Waals surface area contributed by atoms with Crippen molar-refractivity contribution in [2.75, 3.05) is 0 Å². The molecule has 18 heavy (non-hydrogen) atoms. The van der Waals surface area contributed by atoms with Gasteiger partial charge in [-0.05, 0) is 42.0 Å². The third-order valence-corrected chi connectivity index (χ3v) is 3.37. The summed E-state index contributed by atoms with van der Waals surface area (Å²) >= 11 is 0. The monoisotopic (exact) mass is 236 g/mol. The topological polar surface area (TPSA) is 34.1 Å². The zero-order valence-corrected chi connectivity index (χ0v) is 10.3. The lowest BCUT2D eigenvalue weighted by atomic mass is 9.92. The molecule has 2 heteroatoms. The molecule has 0 heterocycles. The number of benzene rings is 2. The molecule has 0 N–H and O–H groups in total. The summed E-state index contributed by atoms with van der Waals surface area (Å²) in [5.41, 5.74) is 3.48. The summed E-state index contributed by atoms with van der Waals surface area (Å²) in [5.74, 6) is -0.851. The number of carbonyl (C=O) groups excluding carboxylic acids is 2. The standard InChI is InChI=1S/C16H12O2/c1-9-7-11-4-3-10(2)14-15(11)12(8-9)5-6-13(17)16(14)18/h3-8H,1-2H3. The van der Waals surface area contributed by atoms with Gasteiger partial charge in [-0.2, -0.15) is 0 Å². The number of ketones is 2. The fourth-order valence-electron chi connectivity index (χ4n) is 2.55. The Bertz CT molecular complexity index is 736. The van der Waals surface area contributed by atoms with Crippen molar-refractivity contribution < 1.29 is 9.59 Å². The normalized spacial score (nSPS) is 14.1. The smallest absolute Gasteiger partial charge is 0.233 e. The van der Waals surface area contributed by atoms with E-state index in [0.717, 1.165) is 27.5 Å². The molecule has 88 valence electrons. The van der Waals surface area contributed by atoms with Gasteiger partial charge in [-0.25, -0.2) is 0 Å². The van der Waals surface area contributed by atoms with Crippen molar-refractivity contribution in [1.29, 1.82) is 0 Å². The Labute approximate surface area is 105 Å². The first kappa shape index (κ1) is 10.9. The molecule has 1 aliphatic carbocycles. The van der Waals surface area contributed by atoms with Gasteiger partial charge in [0.2, 0.25) is 11.6 Å². The average Bonchev–Trinajstić information content (AvgIpc) is 2.46. The Hall–Kier alpha value is -2.22. The first-order valence-electron chi connectivity index (χ1n) is 5.88. The van der Waals surface area contributed by atoms with Crippen molar-refractivity contribution in [2.24, 2.45) is 0 Å². The quantitative estimate of drug-likeness (QED) is 0.658. The molecule has 0 bridgehead atoms. The molecule has 0 spiro atoms. The molecule has 0 atom stereocenters. The molecule has 0 saturated carbocycles. The summed E-state index contributed by atoms with van der Waals surface area (Å²) < 4.78 is 0. The van der Waals surface area contributed by atoms with Gasteiger partial charge in [0.05, 0.1) is 0 Å². The van der Waals surface area contributed by atoms with Gasteiger partial charge in [-0.3, -0.25) is 9.59 Å². The van der Waals surface area contributed by atoms with Gasteiger partial charge >= 0.3 is 0 Å². The fraction of sp³-hybridized carbons (Fsp3) is 0.125. The molecule has 0 aliphatic heterocycles. The molecule has 3 rings (SSSR count). The molecule has 0 fully saturated rings. The minimum atomic E-state index is -0.445. The molecule has 0 aromatic heterocycles. The van der Waals surface area contributed by atoms with E-state index >= 15 is 0 Å². The van der Waals surface area contributed by atoms with E-state index < -0.39 is 11.6 Å². The molecule has 0 saturated heterocycles. The zero-order chi connectivity index (χ0) is 12.9. The largest absolute Gasteiger partial charge is 0.286 e. The summed E-state index contributed by atoms with van der Waals surface area (Å²) in [5, 5.41) is 1.91. The number of hydrogen-bond donors (Lipinski definition) is 0. The highest BCUT2D eigenvalue weighted by Gasteiger charge is 2.22. The van der Waals surface area contributed by atoms with E-state index in [-0.39, 0.29) is 0 Å². The van der Waals surface area contributed by atoms with Crippen LogP contribution in [0.4, 0.5) is 0 Å². The summed E-state index contributed by atoms with van der Waals surface area (Å²) in [4.78, 5) is 23.9. The highest BCUT2D eigenvalue weighted by molar-refractivity contribution is 6.51. The van der Waals surface area contributed by atoms with Crippen LogP contribution in [-0.2, 0) is 4.79 Å². The minimum absolute atomic E-state index is 0.406. The predicted octanol–water partition coefficient (Wildman–Crippen LogP) is 3.24. The zero-order valence-electron chi connectivity index (χ0n) is 10.3. The number of aryl methyl sites for hydroxylation is 2. The van der Waals surface area contributed by atoms with Crippen molar-refractivity contribution in [3.8, 4) is 0 Å². The van der Waals surface area contributed by atoms with Crippen molar-refractivity contribution in [3.05, 3.63) is 52.6 Å². The summed E-state index contributed by atoms with van der Waals surface area (Å²) in [7, 11) is 0. The van der Waals surface area contributed by atoms with E-state index in [2.05, 4.69) is 0 Å². The highest BCUT2D eigenvalue weighted by Crippen LogP contribution is 2.30. The van der Waals surface area contributed by atoms with Crippen LogP contribution in [0, 0.1) is 13.8 Å². The van der Waals surface area contributed by atoms with Gasteiger partial charge in [-0.1, -0.05) is 30.3 Å². The van der Waals surface area contributed by atoms with Crippen molar-refractivity contribution >= 4 is 28.4 Å². The van der Waals surface area contributed by atoms with E-state index in [4.69, 9.17) is 0 Å². The van der Waals surface area contributed by atoms with Crippen molar-refractivity contribution in [3.63, 3.8) is 0 Å². The molecule has 2 nitrogen and oxygen atoms in total. The van der Waals surface area contributed by atoms with E-state index in [0.29, 0.717) is 5.56 Å². The maximum atomic E-state index is 12.1. The molecule has 0 unspecified atom stereocenters. The molecule has 2 aromatic rings. The van der Waals surface area contributed by atoms with Crippen molar-refractivity contribution in [2.45, 2.75) is 13.8 Å². The van der Waals surface area contributed by atoms with Crippen LogP contribution in [-0.4, -0.2) is 11.6 Å². The van der Waals surface area contributed by atoms with Crippen LogP contribution < -0.4 is 0 Å². The van der Waals surface area contributed by atoms with Gasteiger partial charge in [-0.15, -0.1) is 0 Å². The van der Waals surface area contributed by atoms with E-state index in [1.807, 2.05) is 38.1 Å². The van der Waals surface area contributed by atoms with Gasteiger partial charge in [0.1, 0.15) is 0 Å². The molecule has 0 radical (unpaired) electrons. The second kappa shape index (κ2) is 3.64. The van der Waals surface area contributed by atoms with Crippen LogP contribution >= 0.6 is 0 Å². The Morgan fingerprint density at radius 2 is 1.72 bits per heavy atom. The lowest BCUT2D eigenvalue weighted by Crippen LogP contribution is -2.12. The lowest BCUT2D eigenvalue weighted by molar-refractivity contribution is -0.110. The Morgan fingerprint density at radius 3 is 2.50 bits per heavy atom. The number of allylic oxidation sites excluding steroid dienone is 1. The fourth-order valence-corrected chi connectivity index (χ4v) is 2.55. The number of Topliss-reactive ketones (excluding diaryl/α,β-unsaturated/α-hetero) is 1. The summed E-state index contributed by atoms with van der Waals surface area (Å²) in [6.45, 7) is 3.88.